The largest absolute Gasteiger partial charge is 0.496 e. The predicted octanol–water partition coefficient (Wildman–Crippen LogP) is 3.25. The summed E-state index contributed by atoms with van der Waals surface area (Å²) >= 11 is 0. The molecule has 1 fully saturated rings. The number of hydrogen-bond donors (Lipinski definition) is 1. The van der Waals surface area contributed by atoms with Gasteiger partial charge in [0, 0.05) is 38.4 Å². The van der Waals surface area contributed by atoms with E-state index in [1.165, 1.54) is 0 Å². The molecule has 1 aromatic heterocycles. The second kappa shape index (κ2) is 10.3. The number of carbonyl (C=O) groups is 1. The fourth-order valence-electron chi connectivity index (χ4n) is 3.61. The van der Waals surface area contributed by atoms with Gasteiger partial charge in [-0.15, -0.1) is 12.4 Å². The van der Waals surface area contributed by atoms with Crippen molar-refractivity contribution in [2.24, 2.45) is 5.92 Å². The Bertz CT molecular complexity index is 726. The fraction of sp³-hybridized carbons (Fsp3) is 0.429. The van der Waals surface area contributed by atoms with Crippen LogP contribution in [0.1, 0.15) is 30.5 Å². The summed E-state index contributed by atoms with van der Waals surface area (Å²) in [5, 5.41) is 3.39. The number of benzene rings is 1. The van der Waals surface area contributed by atoms with E-state index in [2.05, 4.69) is 23.3 Å². The second-order valence-electron chi connectivity index (χ2n) is 6.92. The molecule has 0 aliphatic carbocycles. The van der Waals surface area contributed by atoms with Crippen LogP contribution in [0.5, 0.6) is 5.75 Å². The Hall–Kier alpha value is -2.11. The highest BCUT2D eigenvalue weighted by molar-refractivity contribution is 5.85. The van der Waals surface area contributed by atoms with Crippen LogP contribution in [0, 0.1) is 5.92 Å². The number of nitrogens with zero attached hydrogens (tertiary/aromatic N) is 2. The number of hydrogen-bond acceptors (Lipinski definition) is 4. The molecule has 1 aliphatic heterocycles. The minimum atomic E-state index is 0. The molecule has 1 aromatic carbocycles. The zero-order valence-electron chi connectivity index (χ0n) is 15.9. The molecular formula is C21H28ClN3O2. The number of piperazine rings is 1. The molecule has 2 atom stereocenters. The number of carbonyl (C=O) groups excluding carboxylic acids is 1. The van der Waals surface area contributed by atoms with E-state index in [0.29, 0.717) is 6.42 Å². The molecule has 1 saturated heterocycles. The van der Waals surface area contributed by atoms with Crippen molar-refractivity contribution >= 4 is 18.3 Å². The third-order valence-corrected chi connectivity index (χ3v) is 4.92. The number of para-hydroxylation sites is 1. The number of nitrogens with one attached hydrogen (secondary N) is 1. The molecule has 27 heavy (non-hydrogen) atoms. The topological polar surface area (TPSA) is 54.5 Å². The summed E-state index contributed by atoms with van der Waals surface area (Å²) < 4.78 is 5.43. The molecule has 1 N–H and O–H groups in total. The number of methoxy groups -OCH3 is 1. The van der Waals surface area contributed by atoms with Gasteiger partial charge < -0.3 is 15.0 Å². The average Bonchev–Trinajstić information content (AvgIpc) is 2.69. The second-order valence-corrected chi connectivity index (χ2v) is 6.92. The maximum atomic E-state index is 13.0. The highest BCUT2D eigenvalue weighted by atomic mass is 35.5. The van der Waals surface area contributed by atoms with Gasteiger partial charge in [0.1, 0.15) is 5.75 Å². The first-order valence-electron chi connectivity index (χ1n) is 9.21. The summed E-state index contributed by atoms with van der Waals surface area (Å²) in [6.07, 6.45) is 4.99. The lowest BCUT2D eigenvalue weighted by Crippen LogP contribution is -2.49. The Labute approximate surface area is 167 Å². The van der Waals surface area contributed by atoms with E-state index in [9.17, 15) is 4.79 Å². The van der Waals surface area contributed by atoms with Crippen LogP contribution in [0.3, 0.4) is 0 Å². The molecule has 5 nitrogen and oxygen atoms in total. The summed E-state index contributed by atoms with van der Waals surface area (Å²) in [7, 11) is 1.69. The quantitative estimate of drug-likeness (QED) is 0.823. The Kier molecular flexibility index (Phi) is 8.07. The standard InChI is InChI=1S/C21H27N3O2.ClH/c1-16(12-17-6-3-4-8-20(17)26-2)13-21(25)24-11-10-23-15-19(24)18-7-5-9-22-14-18;/h3-9,14,16,19,23H,10-13,15H2,1-2H3;1H. The molecule has 3 rings (SSSR count). The van der Waals surface area contributed by atoms with Crippen molar-refractivity contribution in [3.63, 3.8) is 0 Å². The van der Waals surface area contributed by atoms with Crippen molar-refractivity contribution in [3.05, 3.63) is 59.9 Å². The normalized spacial score (nSPS) is 17.7. The number of amides is 1. The van der Waals surface area contributed by atoms with Gasteiger partial charge in [-0.1, -0.05) is 31.2 Å². The smallest absolute Gasteiger partial charge is 0.223 e. The molecule has 1 amide bonds. The predicted molar refractivity (Wildman–Crippen MR) is 109 cm³/mol. The Morgan fingerprint density at radius 2 is 2.15 bits per heavy atom. The molecule has 0 spiro atoms. The summed E-state index contributed by atoms with van der Waals surface area (Å²) in [5.41, 5.74) is 2.24. The van der Waals surface area contributed by atoms with Gasteiger partial charge in [0.2, 0.25) is 5.91 Å². The maximum absolute atomic E-state index is 13.0. The highest BCUT2D eigenvalue weighted by Crippen LogP contribution is 2.26. The number of pyridine rings is 1. The minimum absolute atomic E-state index is 0. The van der Waals surface area contributed by atoms with Gasteiger partial charge in [0.05, 0.1) is 13.2 Å². The van der Waals surface area contributed by atoms with Crippen LogP contribution < -0.4 is 10.1 Å². The lowest BCUT2D eigenvalue weighted by molar-refractivity contribution is -0.135. The molecule has 2 aromatic rings. The molecule has 1 aliphatic rings. The first-order valence-corrected chi connectivity index (χ1v) is 9.21. The SMILES string of the molecule is COc1ccccc1CC(C)CC(=O)N1CCNCC1c1cccnc1.Cl. The van der Waals surface area contributed by atoms with E-state index in [0.717, 1.165) is 42.9 Å². The van der Waals surface area contributed by atoms with Crippen molar-refractivity contribution < 1.29 is 9.53 Å². The van der Waals surface area contributed by atoms with Crippen molar-refractivity contribution in [1.82, 2.24) is 15.2 Å². The van der Waals surface area contributed by atoms with E-state index in [1.54, 1.807) is 13.3 Å². The van der Waals surface area contributed by atoms with Crippen LogP contribution in [0.25, 0.3) is 0 Å². The van der Waals surface area contributed by atoms with Gasteiger partial charge in [-0.25, -0.2) is 0 Å². The third-order valence-electron chi connectivity index (χ3n) is 4.92. The van der Waals surface area contributed by atoms with Crippen LogP contribution in [0.4, 0.5) is 0 Å². The first-order chi connectivity index (χ1) is 12.7. The van der Waals surface area contributed by atoms with E-state index in [4.69, 9.17) is 4.74 Å². The van der Waals surface area contributed by atoms with Gasteiger partial charge >= 0.3 is 0 Å². The van der Waals surface area contributed by atoms with Crippen LogP contribution in [-0.2, 0) is 11.2 Å². The van der Waals surface area contributed by atoms with Gasteiger partial charge in [0.15, 0.2) is 0 Å². The monoisotopic (exact) mass is 389 g/mol. The number of halogens is 1. The van der Waals surface area contributed by atoms with Gasteiger partial charge in [-0.3, -0.25) is 9.78 Å². The fourth-order valence-corrected chi connectivity index (χ4v) is 3.61. The molecular weight excluding hydrogens is 362 g/mol. The van der Waals surface area contributed by atoms with E-state index >= 15 is 0 Å². The van der Waals surface area contributed by atoms with Crippen molar-refractivity contribution in [2.45, 2.75) is 25.8 Å². The average molecular weight is 390 g/mol. The van der Waals surface area contributed by atoms with Crippen LogP contribution in [0.15, 0.2) is 48.8 Å². The third kappa shape index (κ3) is 5.44. The Morgan fingerprint density at radius 1 is 1.33 bits per heavy atom. The first kappa shape index (κ1) is 21.2. The summed E-state index contributed by atoms with van der Waals surface area (Å²) in [4.78, 5) is 19.2. The van der Waals surface area contributed by atoms with Gasteiger partial charge in [-0.05, 0) is 35.6 Å². The minimum Gasteiger partial charge on any atom is -0.496 e. The molecule has 0 bridgehead atoms. The summed E-state index contributed by atoms with van der Waals surface area (Å²) in [5.74, 6) is 1.35. The lowest BCUT2D eigenvalue weighted by Gasteiger charge is -2.37. The molecule has 2 unspecified atom stereocenters. The van der Waals surface area contributed by atoms with Crippen molar-refractivity contribution in [2.75, 3.05) is 26.7 Å². The molecule has 0 radical (unpaired) electrons. The molecule has 0 saturated carbocycles. The van der Waals surface area contributed by atoms with Gasteiger partial charge in [0.25, 0.3) is 0 Å². The maximum Gasteiger partial charge on any atom is 0.223 e. The number of rotatable bonds is 6. The van der Waals surface area contributed by atoms with Crippen molar-refractivity contribution in [1.29, 1.82) is 0 Å². The Morgan fingerprint density at radius 3 is 2.89 bits per heavy atom. The number of ether oxygens (including phenoxy) is 1. The number of aromatic nitrogens is 1. The zero-order chi connectivity index (χ0) is 18.4. The van der Waals surface area contributed by atoms with E-state index in [1.807, 2.05) is 41.4 Å². The Balaban J connectivity index is 0.00000261. The van der Waals surface area contributed by atoms with Crippen LogP contribution >= 0.6 is 12.4 Å². The highest BCUT2D eigenvalue weighted by Gasteiger charge is 2.28. The van der Waals surface area contributed by atoms with Crippen LogP contribution in [0.2, 0.25) is 0 Å². The summed E-state index contributed by atoms with van der Waals surface area (Å²) in [6, 6.07) is 12.1. The lowest BCUT2D eigenvalue weighted by atomic mass is 9.95. The molecule has 2 heterocycles. The van der Waals surface area contributed by atoms with E-state index < -0.39 is 0 Å². The van der Waals surface area contributed by atoms with E-state index in [-0.39, 0.29) is 30.3 Å². The zero-order valence-corrected chi connectivity index (χ0v) is 16.7. The van der Waals surface area contributed by atoms with Crippen molar-refractivity contribution in [3.8, 4) is 5.75 Å². The molecule has 6 heteroatoms. The molecule has 146 valence electrons. The van der Waals surface area contributed by atoms with Gasteiger partial charge in [-0.2, -0.15) is 0 Å². The summed E-state index contributed by atoms with van der Waals surface area (Å²) in [6.45, 7) is 4.48. The van der Waals surface area contributed by atoms with Crippen LogP contribution in [-0.4, -0.2) is 42.5 Å².